The first kappa shape index (κ1) is 21.9. The molecule has 0 saturated heterocycles. The molecule has 1 atom stereocenters. The van der Waals surface area contributed by atoms with Gasteiger partial charge >= 0.3 is 6.18 Å². The predicted molar refractivity (Wildman–Crippen MR) is 112 cm³/mol. The number of pyridine rings is 1. The largest absolute Gasteiger partial charge is 0.417 e. The predicted octanol–water partition coefficient (Wildman–Crippen LogP) is 6.54. The summed E-state index contributed by atoms with van der Waals surface area (Å²) in [5.41, 5.74) is 1.63. The number of aryl methyl sites for hydroxylation is 1. The highest BCUT2D eigenvalue weighted by Crippen LogP contribution is 2.37. The summed E-state index contributed by atoms with van der Waals surface area (Å²) < 4.78 is 40.0. The molecule has 0 radical (unpaired) electrons. The highest BCUT2D eigenvalue weighted by atomic mass is 19.4. The van der Waals surface area contributed by atoms with E-state index in [0.717, 1.165) is 55.5 Å². The van der Waals surface area contributed by atoms with Gasteiger partial charge in [-0.3, -0.25) is 0 Å². The fourth-order valence-corrected chi connectivity index (χ4v) is 4.01. The van der Waals surface area contributed by atoms with Gasteiger partial charge in [0.2, 0.25) is 0 Å². The van der Waals surface area contributed by atoms with Crippen LogP contribution in [0.5, 0.6) is 0 Å². The van der Waals surface area contributed by atoms with Crippen molar-refractivity contribution in [2.24, 2.45) is 0 Å². The minimum absolute atomic E-state index is 0.173. The molecule has 0 spiro atoms. The van der Waals surface area contributed by atoms with Crippen molar-refractivity contribution in [2.45, 2.75) is 63.7 Å². The lowest BCUT2D eigenvalue weighted by Gasteiger charge is -2.37. The molecular weight excluding hydrogens is 387 g/mol. The van der Waals surface area contributed by atoms with E-state index in [1.165, 1.54) is 6.08 Å². The summed E-state index contributed by atoms with van der Waals surface area (Å²) in [4.78, 5) is 6.35. The monoisotopic (exact) mass is 413 g/mol. The van der Waals surface area contributed by atoms with E-state index in [9.17, 15) is 18.4 Å². The lowest BCUT2D eigenvalue weighted by molar-refractivity contribution is -0.137. The summed E-state index contributed by atoms with van der Waals surface area (Å²) >= 11 is 0. The minimum Gasteiger partial charge on any atom is -0.349 e. The molecule has 1 aromatic carbocycles. The number of nitriles is 1. The van der Waals surface area contributed by atoms with Crippen molar-refractivity contribution in [3.05, 3.63) is 71.4 Å². The third-order valence-corrected chi connectivity index (χ3v) is 5.69. The Hall–Kier alpha value is -2.81. The first-order chi connectivity index (χ1) is 14.3. The molecule has 6 heteroatoms. The van der Waals surface area contributed by atoms with Crippen molar-refractivity contribution in [1.82, 2.24) is 4.98 Å². The topological polar surface area (TPSA) is 39.9 Å². The second-order valence-electron chi connectivity index (χ2n) is 7.88. The number of aromatic nitrogens is 1. The van der Waals surface area contributed by atoms with Gasteiger partial charge in [-0.25, -0.2) is 4.98 Å². The molecule has 1 aliphatic carbocycles. The van der Waals surface area contributed by atoms with Crippen LogP contribution < -0.4 is 4.90 Å². The number of hydrogen-bond donors (Lipinski definition) is 0. The van der Waals surface area contributed by atoms with E-state index < -0.39 is 17.7 Å². The normalized spacial score (nSPS) is 16.0. The Labute approximate surface area is 175 Å². The fraction of sp³-hybridized carbons (Fsp3) is 0.417. The maximum atomic E-state index is 13.3. The van der Waals surface area contributed by atoms with Gasteiger partial charge in [-0.15, -0.1) is 6.58 Å². The summed E-state index contributed by atoms with van der Waals surface area (Å²) in [7, 11) is 0. The summed E-state index contributed by atoms with van der Waals surface area (Å²) in [5, 5.41) is 9.56. The Bertz CT molecular complexity index is 907. The second-order valence-corrected chi connectivity index (χ2v) is 7.88. The maximum absolute atomic E-state index is 13.3. The lowest BCUT2D eigenvalue weighted by Crippen LogP contribution is -2.38. The number of allylic oxidation sites excluding steroid dienone is 1. The van der Waals surface area contributed by atoms with Crippen LogP contribution in [0.25, 0.3) is 0 Å². The van der Waals surface area contributed by atoms with E-state index in [0.29, 0.717) is 12.4 Å². The van der Waals surface area contributed by atoms with Gasteiger partial charge in [0.1, 0.15) is 5.82 Å². The number of benzene rings is 1. The van der Waals surface area contributed by atoms with Crippen LogP contribution in [0.4, 0.5) is 19.0 Å². The quantitative estimate of drug-likeness (QED) is 0.505. The Morgan fingerprint density at radius 2 is 1.90 bits per heavy atom. The molecular formula is C24H26F3N3. The third kappa shape index (κ3) is 5.02. The van der Waals surface area contributed by atoms with E-state index in [-0.39, 0.29) is 11.6 Å². The standard InChI is InChI=1S/C24H26F3N3/c1-3-19(14-28)22-13-20(24(25,26)27)15-29-23(22)30(21-7-5-4-6-8-21)16-18-11-9-17(2)10-12-18/h3,9-13,15,19,21H,1,4-8,16H2,2H3. The molecule has 158 valence electrons. The number of rotatable bonds is 6. The van der Waals surface area contributed by atoms with Gasteiger partial charge in [0.25, 0.3) is 0 Å². The van der Waals surface area contributed by atoms with E-state index in [1.54, 1.807) is 0 Å². The van der Waals surface area contributed by atoms with Crippen LogP contribution in [-0.4, -0.2) is 11.0 Å². The first-order valence-electron chi connectivity index (χ1n) is 10.2. The van der Waals surface area contributed by atoms with Crippen LogP contribution in [-0.2, 0) is 12.7 Å². The molecule has 0 aliphatic heterocycles. The zero-order chi connectivity index (χ0) is 21.7. The highest BCUT2D eigenvalue weighted by Gasteiger charge is 2.34. The molecule has 1 unspecified atom stereocenters. The smallest absolute Gasteiger partial charge is 0.349 e. The molecule has 3 rings (SSSR count). The Kier molecular flexibility index (Phi) is 6.81. The van der Waals surface area contributed by atoms with E-state index in [4.69, 9.17) is 0 Å². The van der Waals surface area contributed by atoms with Gasteiger partial charge in [0.15, 0.2) is 0 Å². The van der Waals surface area contributed by atoms with Crippen molar-refractivity contribution >= 4 is 5.82 Å². The number of nitrogens with zero attached hydrogens (tertiary/aromatic N) is 3. The highest BCUT2D eigenvalue weighted by molar-refractivity contribution is 5.55. The van der Waals surface area contributed by atoms with Gasteiger partial charge in [0.05, 0.1) is 17.6 Å². The average molecular weight is 413 g/mol. The van der Waals surface area contributed by atoms with Crippen LogP contribution in [0.3, 0.4) is 0 Å². The van der Waals surface area contributed by atoms with Crippen molar-refractivity contribution in [2.75, 3.05) is 4.90 Å². The van der Waals surface area contributed by atoms with E-state index >= 15 is 0 Å². The fourth-order valence-electron chi connectivity index (χ4n) is 4.01. The van der Waals surface area contributed by atoms with E-state index in [2.05, 4.69) is 22.5 Å². The molecule has 0 bridgehead atoms. The minimum atomic E-state index is -4.52. The van der Waals surface area contributed by atoms with Crippen molar-refractivity contribution in [3.8, 4) is 6.07 Å². The average Bonchev–Trinajstić information content (AvgIpc) is 2.74. The lowest BCUT2D eigenvalue weighted by atomic mass is 9.92. The van der Waals surface area contributed by atoms with Crippen molar-refractivity contribution in [1.29, 1.82) is 5.26 Å². The van der Waals surface area contributed by atoms with Crippen LogP contribution in [0.1, 0.15) is 60.3 Å². The molecule has 1 saturated carbocycles. The summed E-state index contributed by atoms with van der Waals surface area (Å²) in [6.07, 6.45) is 2.97. The maximum Gasteiger partial charge on any atom is 0.417 e. The van der Waals surface area contributed by atoms with Crippen LogP contribution in [0.2, 0.25) is 0 Å². The number of alkyl halides is 3. The summed E-state index contributed by atoms with van der Waals surface area (Å²) in [6, 6.07) is 11.4. The van der Waals surface area contributed by atoms with Crippen molar-refractivity contribution in [3.63, 3.8) is 0 Å². The Morgan fingerprint density at radius 3 is 2.47 bits per heavy atom. The zero-order valence-electron chi connectivity index (χ0n) is 17.1. The molecule has 1 aliphatic rings. The molecule has 1 fully saturated rings. The number of halogens is 3. The molecule has 0 amide bonds. The number of hydrogen-bond acceptors (Lipinski definition) is 3. The Morgan fingerprint density at radius 1 is 1.23 bits per heavy atom. The number of anilines is 1. The summed E-state index contributed by atoms with van der Waals surface area (Å²) in [6.45, 7) is 6.20. The molecule has 0 N–H and O–H groups in total. The van der Waals surface area contributed by atoms with Crippen LogP contribution >= 0.6 is 0 Å². The molecule has 3 nitrogen and oxygen atoms in total. The van der Waals surface area contributed by atoms with Crippen LogP contribution in [0.15, 0.2) is 49.2 Å². The second kappa shape index (κ2) is 9.34. The van der Waals surface area contributed by atoms with Gasteiger partial charge in [-0.2, -0.15) is 18.4 Å². The first-order valence-corrected chi connectivity index (χ1v) is 10.2. The van der Waals surface area contributed by atoms with Gasteiger partial charge in [-0.05, 0) is 31.4 Å². The van der Waals surface area contributed by atoms with Gasteiger partial charge in [-0.1, -0.05) is 55.2 Å². The summed E-state index contributed by atoms with van der Waals surface area (Å²) in [5.74, 6) is -0.416. The molecule has 1 aromatic heterocycles. The van der Waals surface area contributed by atoms with Gasteiger partial charge in [0, 0.05) is 24.3 Å². The zero-order valence-corrected chi connectivity index (χ0v) is 17.1. The third-order valence-electron chi connectivity index (χ3n) is 5.69. The van der Waals surface area contributed by atoms with Crippen LogP contribution in [0, 0.1) is 18.3 Å². The Balaban J connectivity index is 2.09. The SMILES string of the molecule is C=CC(C#N)c1cc(C(F)(F)F)cnc1N(Cc1ccc(C)cc1)C1CCCCC1. The molecule has 2 aromatic rings. The van der Waals surface area contributed by atoms with E-state index in [1.807, 2.05) is 31.2 Å². The molecule has 1 heterocycles. The van der Waals surface area contributed by atoms with Gasteiger partial charge < -0.3 is 4.90 Å². The van der Waals surface area contributed by atoms with Crippen molar-refractivity contribution < 1.29 is 13.2 Å². The molecule has 30 heavy (non-hydrogen) atoms.